The summed E-state index contributed by atoms with van der Waals surface area (Å²) < 4.78 is 5.27. The maximum atomic E-state index is 12.6. The summed E-state index contributed by atoms with van der Waals surface area (Å²) in [6, 6.07) is 13.7. The summed E-state index contributed by atoms with van der Waals surface area (Å²) in [7, 11) is 1.52. The Kier molecular flexibility index (Phi) is 10.4. The third-order valence-corrected chi connectivity index (χ3v) is 5.43. The summed E-state index contributed by atoms with van der Waals surface area (Å²) in [4.78, 5) is 34.1. The number of nitrogens with zero attached hydrogens (tertiary/aromatic N) is 1. The van der Waals surface area contributed by atoms with Gasteiger partial charge >= 0.3 is 11.9 Å². The van der Waals surface area contributed by atoms with Crippen LogP contribution in [0.25, 0.3) is 0 Å². The van der Waals surface area contributed by atoms with E-state index in [1.165, 1.54) is 12.7 Å². The first-order valence-corrected chi connectivity index (χ1v) is 10.9. The summed E-state index contributed by atoms with van der Waals surface area (Å²) in [6.45, 7) is 2.86. The summed E-state index contributed by atoms with van der Waals surface area (Å²) >= 11 is 6.06. The fourth-order valence-corrected chi connectivity index (χ4v) is 3.56. The van der Waals surface area contributed by atoms with Crippen molar-refractivity contribution in [2.75, 3.05) is 25.9 Å². The molecular formula is C24H28ClN3O6. The predicted octanol–water partition coefficient (Wildman–Crippen LogP) is 3.04. The van der Waals surface area contributed by atoms with Gasteiger partial charge in [-0.15, -0.1) is 0 Å². The number of hydrogen-bond acceptors (Lipinski definition) is 6. The Hall–Kier alpha value is -3.56. The van der Waals surface area contributed by atoms with Gasteiger partial charge in [-0.3, -0.25) is 9.69 Å². The van der Waals surface area contributed by atoms with E-state index in [4.69, 9.17) is 32.3 Å². The van der Waals surface area contributed by atoms with Gasteiger partial charge in [0.25, 0.3) is 5.91 Å². The van der Waals surface area contributed by atoms with Gasteiger partial charge in [-0.25, -0.2) is 9.59 Å². The number of ether oxygens (including phenoxy) is 1. The Balaban J connectivity index is 0.000000440. The van der Waals surface area contributed by atoms with E-state index in [9.17, 15) is 14.4 Å². The predicted molar refractivity (Wildman–Crippen MR) is 129 cm³/mol. The molecule has 182 valence electrons. The smallest absolute Gasteiger partial charge is 0.328 e. The molecule has 1 aliphatic rings. The lowest BCUT2D eigenvalue weighted by Crippen LogP contribution is -2.44. The first-order valence-electron chi connectivity index (χ1n) is 10.5. The number of benzene rings is 2. The van der Waals surface area contributed by atoms with Crippen LogP contribution in [-0.2, 0) is 16.1 Å². The van der Waals surface area contributed by atoms with E-state index < -0.39 is 11.9 Å². The molecule has 0 spiro atoms. The van der Waals surface area contributed by atoms with Crippen molar-refractivity contribution in [3.05, 3.63) is 70.8 Å². The van der Waals surface area contributed by atoms with Crippen LogP contribution in [0.3, 0.4) is 0 Å². The van der Waals surface area contributed by atoms with Crippen LogP contribution in [0.15, 0.2) is 54.6 Å². The fraction of sp³-hybridized carbons (Fsp3) is 0.292. The summed E-state index contributed by atoms with van der Waals surface area (Å²) in [5.74, 6) is -2.25. The Labute approximate surface area is 202 Å². The van der Waals surface area contributed by atoms with Crippen molar-refractivity contribution in [1.82, 2.24) is 10.2 Å². The van der Waals surface area contributed by atoms with E-state index in [-0.39, 0.29) is 11.9 Å². The van der Waals surface area contributed by atoms with Crippen molar-refractivity contribution in [2.45, 2.75) is 25.4 Å². The lowest BCUT2D eigenvalue weighted by atomic mass is 10.0. The molecule has 0 aliphatic carbocycles. The third-order valence-electron chi connectivity index (χ3n) is 5.10. The number of aliphatic carboxylic acids is 2. The van der Waals surface area contributed by atoms with Crippen molar-refractivity contribution in [3.63, 3.8) is 0 Å². The molecule has 9 nitrogen and oxygen atoms in total. The molecule has 0 unspecified atom stereocenters. The first kappa shape index (κ1) is 26.7. The summed E-state index contributed by atoms with van der Waals surface area (Å²) in [5.41, 5.74) is 7.91. The molecule has 0 saturated carbocycles. The third kappa shape index (κ3) is 8.76. The van der Waals surface area contributed by atoms with Crippen molar-refractivity contribution < 1.29 is 29.3 Å². The molecular weight excluding hydrogens is 462 g/mol. The number of nitrogen functional groups attached to an aromatic ring is 1. The van der Waals surface area contributed by atoms with Gasteiger partial charge in [0.15, 0.2) is 0 Å². The molecule has 3 rings (SSSR count). The standard InChI is InChI=1S/C20H24ClN3O2.C4H4O4/c1-26-19-12-18(22)17(21)11-16(19)20(25)23-15-7-9-24(10-8-15)13-14-5-3-2-4-6-14;5-3(6)1-2-4(7)8/h2-6,11-12,15H,7-10,13,22H2,1H3,(H,23,25);1-2H,(H,5,6)(H,7,8)/b;2-1-. The Morgan fingerprint density at radius 3 is 2.24 bits per heavy atom. The number of rotatable bonds is 7. The van der Waals surface area contributed by atoms with Gasteiger partial charge < -0.3 is 26.0 Å². The fourth-order valence-electron chi connectivity index (χ4n) is 3.40. The molecule has 5 N–H and O–H groups in total. The van der Waals surface area contributed by atoms with Gasteiger partial charge in [-0.05, 0) is 24.5 Å². The first-order chi connectivity index (χ1) is 16.2. The molecule has 1 saturated heterocycles. The average molecular weight is 490 g/mol. The van der Waals surface area contributed by atoms with E-state index in [1.54, 1.807) is 12.1 Å². The normalized spacial score (nSPS) is 14.2. The van der Waals surface area contributed by atoms with Crippen LogP contribution in [0, 0.1) is 0 Å². The van der Waals surface area contributed by atoms with E-state index in [1.807, 2.05) is 6.07 Å². The maximum Gasteiger partial charge on any atom is 0.328 e. The molecule has 2 aromatic rings. The number of carbonyl (C=O) groups is 3. The van der Waals surface area contributed by atoms with E-state index in [0.29, 0.717) is 34.2 Å². The molecule has 1 fully saturated rings. The Bertz CT molecular complexity index is 1000. The lowest BCUT2D eigenvalue weighted by molar-refractivity contribution is -0.134. The van der Waals surface area contributed by atoms with Gasteiger partial charge in [0.05, 0.1) is 23.4 Å². The lowest BCUT2D eigenvalue weighted by Gasteiger charge is -2.32. The van der Waals surface area contributed by atoms with Gasteiger partial charge in [0, 0.05) is 43.9 Å². The van der Waals surface area contributed by atoms with Crippen molar-refractivity contribution in [3.8, 4) is 5.75 Å². The second-order valence-corrected chi connectivity index (χ2v) is 8.00. The van der Waals surface area contributed by atoms with Crippen molar-refractivity contribution in [2.24, 2.45) is 0 Å². The number of amides is 1. The number of nitrogens with two attached hydrogens (primary N) is 1. The molecule has 0 bridgehead atoms. The van der Waals surface area contributed by atoms with Crippen LogP contribution in [-0.4, -0.2) is 59.2 Å². The second kappa shape index (κ2) is 13.2. The number of nitrogens with one attached hydrogen (secondary N) is 1. The summed E-state index contributed by atoms with van der Waals surface area (Å²) in [5, 5.41) is 19.1. The van der Waals surface area contributed by atoms with Gasteiger partial charge in [0.2, 0.25) is 0 Å². The van der Waals surface area contributed by atoms with Gasteiger partial charge in [-0.2, -0.15) is 0 Å². The largest absolute Gasteiger partial charge is 0.496 e. The Morgan fingerprint density at radius 2 is 1.71 bits per heavy atom. The van der Waals surface area contributed by atoms with E-state index >= 15 is 0 Å². The van der Waals surface area contributed by atoms with Crippen LogP contribution in [0.5, 0.6) is 5.75 Å². The van der Waals surface area contributed by atoms with E-state index in [0.717, 1.165) is 32.5 Å². The van der Waals surface area contributed by atoms with Gasteiger partial charge in [0.1, 0.15) is 5.75 Å². The molecule has 2 aromatic carbocycles. The van der Waals surface area contributed by atoms with Crippen molar-refractivity contribution in [1.29, 1.82) is 0 Å². The van der Waals surface area contributed by atoms with Crippen LogP contribution in [0.1, 0.15) is 28.8 Å². The number of likely N-dealkylation sites (tertiary alicyclic amines) is 1. The second-order valence-electron chi connectivity index (χ2n) is 7.59. The summed E-state index contributed by atoms with van der Waals surface area (Å²) in [6.07, 6.45) is 2.96. The zero-order chi connectivity index (χ0) is 25.1. The highest BCUT2D eigenvalue weighted by Gasteiger charge is 2.23. The molecule has 0 aromatic heterocycles. The molecule has 34 heavy (non-hydrogen) atoms. The minimum Gasteiger partial charge on any atom is -0.496 e. The molecule has 1 heterocycles. The topological polar surface area (TPSA) is 142 Å². The minimum absolute atomic E-state index is 0.149. The van der Waals surface area contributed by atoms with Crippen LogP contribution < -0.4 is 15.8 Å². The quantitative estimate of drug-likeness (QED) is 0.343. The number of hydrogen-bond donors (Lipinski definition) is 4. The molecule has 0 atom stereocenters. The van der Waals surface area contributed by atoms with Crippen LogP contribution in [0.2, 0.25) is 5.02 Å². The number of carboxylic acids is 2. The average Bonchev–Trinajstić information content (AvgIpc) is 2.81. The molecule has 0 radical (unpaired) electrons. The Morgan fingerprint density at radius 1 is 1.12 bits per heavy atom. The number of halogens is 1. The monoisotopic (exact) mass is 489 g/mol. The molecule has 1 aliphatic heterocycles. The zero-order valence-electron chi connectivity index (χ0n) is 18.7. The molecule has 1 amide bonds. The van der Waals surface area contributed by atoms with Gasteiger partial charge in [-0.1, -0.05) is 41.9 Å². The minimum atomic E-state index is -1.26. The zero-order valence-corrected chi connectivity index (χ0v) is 19.5. The van der Waals surface area contributed by atoms with Crippen LogP contribution in [0.4, 0.5) is 5.69 Å². The highest BCUT2D eigenvalue weighted by Crippen LogP contribution is 2.29. The number of methoxy groups -OCH3 is 1. The maximum absolute atomic E-state index is 12.6. The number of carboxylic acid groups (broad SMARTS) is 2. The molecule has 10 heteroatoms. The highest BCUT2D eigenvalue weighted by molar-refractivity contribution is 6.33. The number of carbonyl (C=O) groups excluding carboxylic acids is 1. The SMILES string of the molecule is COc1cc(N)c(Cl)cc1C(=O)NC1CCN(Cc2ccccc2)CC1.O=C(O)/C=C\C(=O)O. The highest BCUT2D eigenvalue weighted by atomic mass is 35.5. The number of piperidine rings is 1. The van der Waals surface area contributed by atoms with Crippen molar-refractivity contribution >= 4 is 35.1 Å². The van der Waals surface area contributed by atoms with Crippen LogP contribution >= 0.6 is 11.6 Å². The van der Waals surface area contributed by atoms with E-state index in [2.05, 4.69) is 34.5 Å². The number of anilines is 1.